The molecular formula is C14H21N3O3. The summed E-state index contributed by atoms with van der Waals surface area (Å²) in [4.78, 5) is 20.0. The maximum atomic E-state index is 11.7. The fourth-order valence-corrected chi connectivity index (χ4v) is 2.60. The summed E-state index contributed by atoms with van der Waals surface area (Å²) < 4.78 is 5.29. The number of hydrogen-bond acceptors (Lipinski definition) is 5. The Morgan fingerprint density at radius 3 is 2.65 bits per heavy atom. The molecule has 0 unspecified atom stereocenters. The van der Waals surface area contributed by atoms with Crippen LogP contribution in [0.4, 0.5) is 5.82 Å². The van der Waals surface area contributed by atoms with Crippen LogP contribution in [0.5, 0.6) is 5.88 Å². The summed E-state index contributed by atoms with van der Waals surface area (Å²) in [5.41, 5.74) is -0.935. The molecule has 0 saturated heterocycles. The molecule has 110 valence electrons. The van der Waals surface area contributed by atoms with Crippen LogP contribution in [0.25, 0.3) is 0 Å². The zero-order valence-corrected chi connectivity index (χ0v) is 11.8. The van der Waals surface area contributed by atoms with Gasteiger partial charge >= 0.3 is 5.97 Å². The molecule has 1 fully saturated rings. The number of rotatable bonds is 5. The molecule has 0 radical (unpaired) electrons. The largest absolute Gasteiger partial charge is 0.480 e. The third-order valence-electron chi connectivity index (χ3n) is 3.64. The predicted molar refractivity (Wildman–Crippen MR) is 74.9 cm³/mol. The van der Waals surface area contributed by atoms with E-state index in [4.69, 9.17) is 4.74 Å². The second kappa shape index (κ2) is 6.54. The van der Waals surface area contributed by atoms with E-state index in [0.717, 1.165) is 25.7 Å². The summed E-state index contributed by atoms with van der Waals surface area (Å²) in [5, 5.41) is 12.7. The van der Waals surface area contributed by atoms with E-state index in [1.54, 1.807) is 0 Å². The van der Waals surface area contributed by atoms with Crippen LogP contribution in [-0.2, 0) is 4.79 Å². The molecule has 1 aliphatic rings. The van der Waals surface area contributed by atoms with Crippen LogP contribution in [-0.4, -0.2) is 33.2 Å². The summed E-state index contributed by atoms with van der Waals surface area (Å²) in [5.74, 6) is 0.0509. The van der Waals surface area contributed by atoms with Crippen molar-refractivity contribution in [2.75, 3.05) is 11.9 Å². The lowest BCUT2D eigenvalue weighted by Gasteiger charge is -2.29. The highest BCUT2D eigenvalue weighted by molar-refractivity contribution is 5.82. The van der Waals surface area contributed by atoms with E-state index >= 15 is 0 Å². The zero-order valence-electron chi connectivity index (χ0n) is 11.8. The molecule has 0 bridgehead atoms. The van der Waals surface area contributed by atoms with Gasteiger partial charge in [-0.2, -0.15) is 4.98 Å². The topological polar surface area (TPSA) is 84.3 Å². The molecule has 2 rings (SSSR count). The summed E-state index contributed by atoms with van der Waals surface area (Å²) in [7, 11) is 0. The van der Waals surface area contributed by atoms with Crippen molar-refractivity contribution in [2.45, 2.75) is 51.0 Å². The number of nitrogens with one attached hydrogen (secondary N) is 1. The second-order valence-corrected chi connectivity index (χ2v) is 5.10. The van der Waals surface area contributed by atoms with Crippen molar-refractivity contribution in [1.29, 1.82) is 0 Å². The van der Waals surface area contributed by atoms with Crippen molar-refractivity contribution in [2.24, 2.45) is 0 Å². The molecule has 1 aromatic rings. The minimum atomic E-state index is -0.935. The third-order valence-corrected chi connectivity index (χ3v) is 3.64. The lowest BCUT2D eigenvalue weighted by molar-refractivity contribution is -0.142. The lowest BCUT2D eigenvalue weighted by atomic mass is 9.90. The van der Waals surface area contributed by atoms with E-state index in [9.17, 15) is 9.90 Å². The molecule has 0 amide bonds. The highest BCUT2D eigenvalue weighted by Crippen LogP contribution is 2.30. The molecule has 1 aliphatic carbocycles. The van der Waals surface area contributed by atoms with E-state index in [1.807, 2.05) is 6.92 Å². The van der Waals surface area contributed by atoms with Gasteiger partial charge in [-0.25, -0.2) is 4.79 Å². The van der Waals surface area contributed by atoms with Gasteiger partial charge in [0.25, 0.3) is 0 Å². The minimum absolute atomic E-state index is 0.409. The van der Waals surface area contributed by atoms with Crippen LogP contribution in [0, 0.1) is 0 Å². The SMILES string of the molecule is CCOc1cncc(NC2(C(=O)O)CCCCCC2)n1. The fraction of sp³-hybridized carbons (Fsp3) is 0.643. The Hall–Kier alpha value is -1.85. The van der Waals surface area contributed by atoms with Gasteiger partial charge < -0.3 is 15.2 Å². The average molecular weight is 279 g/mol. The second-order valence-electron chi connectivity index (χ2n) is 5.10. The van der Waals surface area contributed by atoms with Crippen LogP contribution in [0.3, 0.4) is 0 Å². The first-order chi connectivity index (χ1) is 9.66. The van der Waals surface area contributed by atoms with E-state index in [-0.39, 0.29) is 0 Å². The monoisotopic (exact) mass is 279 g/mol. The van der Waals surface area contributed by atoms with Gasteiger partial charge in [-0.1, -0.05) is 25.7 Å². The normalized spacial score (nSPS) is 18.1. The highest BCUT2D eigenvalue weighted by Gasteiger charge is 2.39. The van der Waals surface area contributed by atoms with Gasteiger partial charge in [-0.05, 0) is 19.8 Å². The Balaban J connectivity index is 2.19. The summed E-state index contributed by atoms with van der Waals surface area (Å²) >= 11 is 0. The molecule has 6 heteroatoms. The Bertz CT molecular complexity index is 457. The number of aliphatic carboxylic acids is 1. The summed E-state index contributed by atoms with van der Waals surface area (Å²) in [6, 6.07) is 0. The quantitative estimate of drug-likeness (QED) is 0.805. The van der Waals surface area contributed by atoms with Gasteiger partial charge in [0.2, 0.25) is 5.88 Å². The third kappa shape index (κ3) is 3.37. The number of ether oxygens (including phenoxy) is 1. The predicted octanol–water partition coefficient (Wildman–Crippen LogP) is 2.46. The molecule has 1 saturated carbocycles. The Morgan fingerprint density at radius 1 is 1.35 bits per heavy atom. The maximum absolute atomic E-state index is 11.7. The van der Waals surface area contributed by atoms with Gasteiger partial charge in [0, 0.05) is 0 Å². The molecule has 0 aliphatic heterocycles. The van der Waals surface area contributed by atoms with Gasteiger partial charge in [0.1, 0.15) is 11.4 Å². The first-order valence-corrected chi connectivity index (χ1v) is 7.13. The van der Waals surface area contributed by atoms with Crippen LogP contribution in [0.2, 0.25) is 0 Å². The van der Waals surface area contributed by atoms with Crippen molar-refractivity contribution >= 4 is 11.8 Å². The summed E-state index contributed by atoms with van der Waals surface area (Å²) in [6.45, 7) is 2.37. The van der Waals surface area contributed by atoms with Crippen LogP contribution < -0.4 is 10.1 Å². The van der Waals surface area contributed by atoms with Crippen molar-refractivity contribution in [1.82, 2.24) is 9.97 Å². The van der Waals surface area contributed by atoms with E-state index < -0.39 is 11.5 Å². The Labute approximate surface area is 118 Å². The first-order valence-electron chi connectivity index (χ1n) is 7.13. The van der Waals surface area contributed by atoms with Crippen molar-refractivity contribution in [3.8, 4) is 5.88 Å². The van der Waals surface area contributed by atoms with Gasteiger partial charge in [-0.3, -0.25) is 4.98 Å². The first kappa shape index (κ1) is 14.6. The van der Waals surface area contributed by atoms with Crippen LogP contribution in [0.1, 0.15) is 45.4 Å². The average Bonchev–Trinajstić information content (AvgIpc) is 2.66. The number of carboxylic acid groups (broad SMARTS) is 1. The van der Waals surface area contributed by atoms with Gasteiger partial charge in [0.15, 0.2) is 0 Å². The Morgan fingerprint density at radius 2 is 2.05 bits per heavy atom. The van der Waals surface area contributed by atoms with E-state index in [1.165, 1.54) is 12.4 Å². The van der Waals surface area contributed by atoms with Crippen LogP contribution in [0.15, 0.2) is 12.4 Å². The van der Waals surface area contributed by atoms with E-state index in [0.29, 0.717) is 31.1 Å². The van der Waals surface area contributed by atoms with Crippen molar-refractivity contribution in [3.63, 3.8) is 0 Å². The number of hydrogen-bond donors (Lipinski definition) is 2. The molecule has 1 aromatic heterocycles. The summed E-state index contributed by atoms with van der Waals surface area (Å²) in [6.07, 6.45) is 8.29. The number of carboxylic acids is 1. The molecule has 20 heavy (non-hydrogen) atoms. The molecule has 0 aromatic carbocycles. The smallest absolute Gasteiger partial charge is 0.329 e. The number of aromatic nitrogens is 2. The Kier molecular flexibility index (Phi) is 4.76. The highest BCUT2D eigenvalue weighted by atomic mass is 16.5. The zero-order chi connectivity index (χ0) is 14.4. The molecular weight excluding hydrogens is 258 g/mol. The maximum Gasteiger partial charge on any atom is 0.329 e. The lowest BCUT2D eigenvalue weighted by Crippen LogP contribution is -2.46. The fourth-order valence-electron chi connectivity index (χ4n) is 2.60. The van der Waals surface area contributed by atoms with E-state index in [2.05, 4.69) is 15.3 Å². The van der Waals surface area contributed by atoms with Crippen molar-refractivity contribution < 1.29 is 14.6 Å². The number of carbonyl (C=O) groups is 1. The van der Waals surface area contributed by atoms with Gasteiger partial charge in [-0.15, -0.1) is 0 Å². The molecule has 0 spiro atoms. The minimum Gasteiger partial charge on any atom is -0.480 e. The standard InChI is InChI=1S/C14H21N3O3/c1-2-20-12-10-15-9-11(16-12)17-14(13(18)19)7-5-3-4-6-8-14/h9-10H,2-8H2,1H3,(H,16,17)(H,18,19). The molecule has 1 heterocycles. The van der Waals surface area contributed by atoms with Gasteiger partial charge in [0.05, 0.1) is 19.0 Å². The molecule has 6 nitrogen and oxygen atoms in total. The number of anilines is 1. The molecule has 0 atom stereocenters. The molecule has 2 N–H and O–H groups in total. The number of nitrogens with zero attached hydrogens (tertiary/aromatic N) is 2. The van der Waals surface area contributed by atoms with Crippen molar-refractivity contribution in [3.05, 3.63) is 12.4 Å². The van der Waals surface area contributed by atoms with Crippen LogP contribution >= 0.6 is 0 Å².